The maximum atomic E-state index is 10.9. The molecular weight excluding hydrogens is 192 g/mol. The van der Waals surface area contributed by atoms with Crippen molar-refractivity contribution in [3.8, 4) is 17.0 Å². The number of H-pyrrole nitrogens is 1. The molecule has 0 unspecified atom stereocenters. The molecule has 0 bridgehead atoms. The molecule has 0 aliphatic heterocycles. The van der Waals surface area contributed by atoms with Crippen molar-refractivity contribution in [2.75, 3.05) is 7.11 Å². The van der Waals surface area contributed by atoms with Crippen LogP contribution in [0.25, 0.3) is 11.3 Å². The van der Waals surface area contributed by atoms with Gasteiger partial charge in [0.05, 0.1) is 19.0 Å². The van der Waals surface area contributed by atoms with Crippen LogP contribution < -0.4 is 10.3 Å². The first-order valence-electron chi connectivity index (χ1n) is 4.49. The summed E-state index contributed by atoms with van der Waals surface area (Å²) in [6.45, 7) is 0. The quantitative estimate of drug-likeness (QED) is 0.801. The molecule has 15 heavy (non-hydrogen) atoms. The van der Waals surface area contributed by atoms with Crippen LogP contribution in [0.1, 0.15) is 0 Å². The topological polar surface area (TPSA) is 55.0 Å². The second-order valence-corrected chi connectivity index (χ2v) is 3.00. The van der Waals surface area contributed by atoms with E-state index in [1.165, 1.54) is 6.20 Å². The Kier molecular flexibility index (Phi) is 2.49. The normalized spacial score (nSPS) is 9.93. The van der Waals surface area contributed by atoms with Gasteiger partial charge in [0.25, 0.3) is 5.56 Å². The number of rotatable bonds is 2. The number of methoxy groups -OCH3 is 1. The highest BCUT2D eigenvalue weighted by atomic mass is 16.5. The molecule has 1 aromatic carbocycles. The summed E-state index contributed by atoms with van der Waals surface area (Å²) in [4.78, 5) is 17.5. The second kappa shape index (κ2) is 3.96. The van der Waals surface area contributed by atoms with E-state index in [9.17, 15) is 4.79 Å². The van der Waals surface area contributed by atoms with Gasteiger partial charge in [0.2, 0.25) is 0 Å². The molecule has 0 atom stereocenters. The van der Waals surface area contributed by atoms with Gasteiger partial charge in [-0.2, -0.15) is 0 Å². The van der Waals surface area contributed by atoms with E-state index in [4.69, 9.17) is 4.74 Å². The van der Waals surface area contributed by atoms with Crippen molar-refractivity contribution < 1.29 is 4.74 Å². The Hall–Kier alpha value is -2.10. The number of hydrogen-bond acceptors (Lipinski definition) is 3. The van der Waals surface area contributed by atoms with Crippen LogP contribution in [0.4, 0.5) is 0 Å². The SMILES string of the molecule is COc1ccccc1-c1c[nH]c(=O)cn1. The Morgan fingerprint density at radius 3 is 2.80 bits per heavy atom. The maximum absolute atomic E-state index is 10.9. The van der Waals surface area contributed by atoms with Crippen molar-refractivity contribution in [3.05, 3.63) is 47.0 Å². The molecule has 0 aliphatic carbocycles. The molecule has 0 aliphatic rings. The molecule has 4 heteroatoms. The Morgan fingerprint density at radius 1 is 1.33 bits per heavy atom. The number of para-hydroxylation sites is 1. The summed E-state index contributed by atoms with van der Waals surface area (Å²) in [5.41, 5.74) is 1.33. The van der Waals surface area contributed by atoms with Crippen molar-refractivity contribution >= 4 is 0 Å². The minimum Gasteiger partial charge on any atom is -0.496 e. The van der Waals surface area contributed by atoms with Gasteiger partial charge in [0.15, 0.2) is 0 Å². The number of aromatic nitrogens is 2. The first-order valence-corrected chi connectivity index (χ1v) is 4.49. The summed E-state index contributed by atoms with van der Waals surface area (Å²) < 4.78 is 5.20. The van der Waals surface area contributed by atoms with Crippen LogP contribution in [0.3, 0.4) is 0 Å². The Labute approximate surface area is 86.6 Å². The van der Waals surface area contributed by atoms with E-state index in [1.54, 1.807) is 13.3 Å². The fourth-order valence-corrected chi connectivity index (χ4v) is 1.35. The third-order valence-corrected chi connectivity index (χ3v) is 2.05. The van der Waals surface area contributed by atoms with E-state index in [1.807, 2.05) is 24.3 Å². The van der Waals surface area contributed by atoms with Crippen molar-refractivity contribution in [3.63, 3.8) is 0 Å². The Morgan fingerprint density at radius 2 is 2.13 bits per heavy atom. The zero-order chi connectivity index (χ0) is 10.7. The van der Waals surface area contributed by atoms with E-state index in [-0.39, 0.29) is 5.56 Å². The fraction of sp³-hybridized carbons (Fsp3) is 0.0909. The predicted molar refractivity (Wildman–Crippen MR) is 56.8 cm³/mol. The largest absolute Gasteiger partial charge is 0.496 e. The summed E-state index contributed by atoms with van der Waals surface area (Å²) in [6.07, 6.45) is 2.82. The van der Waals surface area contributed by atoms with Gasteiger partial charge < -0.3 is 9.72 Å². The van der Waals surface area contributed by atoms with Gasteiger partial charge in [-0.1, -0.05) is 12.1 Å². The Balaban J connectivity index is 2.53. The lowest BCUT2D eigenvalue weighted by Gasteiger charge is -2.06. The van der Waals surface area contributed by atoms with Gasteiger partial charge in [-0.05, 0) is 12.1 Å². The highest BCUT2D eigenvalue weighted by Gasteiger charge is 2.05. The van der Waals surface area contributed by atoms with Crippen molar-refractivity contribution in [1.29, 1.82) is 0 Å². The molecule has 2 aromatic rings. The minimum atomic E-state index is -0.214. The second-order valence-electron chi connectivity index (χ2n) is 3.00. The average Bonchev–Trinajstić information content (AvgIpc) is 2.30. The van der Waals surface area contributed by atoms with Crippen LogP contribution in [-0.4, -0.2) is 17.1 Å². The minimum absolute atomic E-state index is 0.214. The predicted octanol–water partition coefficient (Wildman–Crippen LogP) is 1.45. The third-order valence-electron chi connectivity index (χ3n) is 2.05. The van der Waals surface area contributed by atoms with E-state index >= 15 is 0 Å². The molecule has 2 rings (SSSR count). The molecule has 76 valence electrons. The van der Waals surface area contributed by atoms with Crippen LogP contribution in [0.2, 0.25) is 0 Å². The highest BCUT2D eigenvalue weighted by Crippen LogP contribution is 2.26. The molecule has 0 radical (unpaired) electrons. The summed E-state index contributed by atoms with van der Waals surface area (Å²) in [7, 11) is 1.60. The standard InChI is InChI=1S/C11H10N2O2/c1-15-10-5-3-2-4-8(10)9-6-13-11(14)7-12-9/h2-7H,1H3,(H,13,14). The molecule has 0 saturated heterocycles. The lowest BCUT2D eigenvalue weighted by molar-refractivity contribution is 0.416. The smallest absolute Gasteiger partial charge is 0.266 e. The molecule has 0 spiro atoms. The molecule has 4 nitrogen and oxygen atoms in total. The van der Waals surface area contributed by atoms with Crippen molar-refractivity contribution in [2.24, 2.45) is 0 Å². The van der Waals surface area contributed by atoms with Crippen molar-refractivity contribution in [2.45, 2.75) is 0 Å². The average molecular weight is 202 g/mol. The van der Waals surface area contributed by atoms with E-state index < -0.39 is 0 Å². The number of aromatic amines is 1. The first-order chi connectivity index (χ1) is 7.31. The molecule has 0 fully saturated rings. The molecule has 1 N–H and O–H groups in total. The number of nitrogens with zero attached hydrogens (tertiary/aromatic N) is 1. The Bertz CT molecular complexity index is 499. The number of hydrogen-bond donors (Lipinski definition) is 1. The van der Waals surface area contributed by atoms with Crippen LogP contribution in [0.5, 0.6) is 5.75 Å². The fourth-order valence-electron chi connectivity index (χ4n) is 1.35. The monoisotopic (exact) mass is 202 g/mol. The first kappa shape index (κ1) is 9.45. The van der Waals surface area contributed by atoms with Crippen molar-refractivity contribution in [1.82, 2.24) is 9.97 Å². The lowest BCUT2D eigenvalue weighted by atomic mass is 10.1. The molecule has 0 saturated carbocycles. The summed E-state index contributed by atoms with van der Waals surface area (Å²) >= 11 is 0. The van der Waals surface area contributed by atoms with E-state index in [2.05, 4.69) is 9.97 Å². The van der Waals surface area contributed by atoms with Gasteiger partial charge in [0.1, 0.15) is 5.75 Å². The molecule has 0 amide bonds. The van der Waals surface area contributed by atoms with Gasteiger partial charge in [0, 0.05) is 11.8 Å². The van der Waals surface area contributed by atoms with Crippen LogP contribution >= 0.6 is 0 Å². The van der Waals surface area contributed by atoms with Gasteiger partial charge in [-0.25, -0.2) is 4.98 Å². The van der Waals surface area contributed by atoms with E-state index in [0.717, 1.165) is 11.3 Å². The van der Waals surface area contributed by atoms with Gasteiger partial charge in [-0.15, -0.1) is 0 Å². The molecule has 1 aromatic heterocycles. The zero-order valence-electron chi connectivity index (χ0n) is 8.23. The lowest BCUT2D eigenvalue weighted by Crippen LogP contribution is -2.04. The summed E-state index contributed by atoms with van der Waals surface area (Å²) in [6, 6.07) is 7.51. The molecule has 1 heterocycles. The number of nitrogens with one attached hydrogen (secondary N) is 1. The van der Waals surface area contributed by atoms with E-state index in [0.29, 0.717) is 5.69 Å². The van der Waals surface area contributed by atoms with Crippen LogP contribution in [0, 0.1) is 0 Å². The molecular formula is C11H10N2O2. The zero-order valence-corrected chi connectivity index (χ0v) is 8.23. The van der Waals surface area contributed by atoms with Crippen LogP contribution in [0.15, 0.2) is 41.5 Å². The van der Waals surface area contributed by atoms with Gasteiger partial charge >= 0.3 is 0 Å². The highest BCUT2D eigenvalue weighted by molar-refractivity contribution is 5.65. The number of benzene rings is 1. The van der Waals surface area contributed by atoms with Gasteiger partial charge in [-0.3, -0.25) is 4.79 Å². The van der Waals surface area contributed by atoms with Crippen LogP contribution in [-0.2, 0) is 0 Å². The summed E-state index contributed by atoms with van der Waals surface area (Å²) in [5.74, 6) is 0.733. The third kappa shape index (κ3) is 1.88. The summed E-state index contributed by atoms with van der Waals surface area (Å²) in [5, 5.41) is 0. The maximum Gasteiger partial charge on any atom is 0.266 e. The number of ether oxygens (including phenoxy) is 1.